The molecule has 0 aromatic heterocycles. The molecule has 1 nitrogen and oxygen atoms in total. The Hall–Kier alpha value is -0.550. The first kappa shape index (κ1) is 9.54. The van der Waals surface area contributed by atoms with Crippen molar-refractivity contribution in [1.29, 1.82) is 0 Å². The predicted molar refractivity (Wildman–Crippen MR) is 46.5 cm³/mol. The molecule has 0 atom stereocenters. The fourth-order valence-corrected chi connectivity index (χ4v) is 1.57. The first-order chi connectivity index (χ1) is 5.83. The third-order valence-corrected chi connectivity index (χ3v) is 2.32. The average molecular weight is 170 g/mol. The van der Waals surface area contributed by atoms with Gasteiger partial charge in [-0.1, -0.05) is 5.92 Å². The Morgan fingerprint density at radius 2 is 2.00 bits per heavy atom. The molecule has 1 saturated carbocycles. The zero-order valence-electron chi connectivity index (χ0n) is 7.26. The maximum Gasteiger partial charge on any atom is 0.107 e. The summed E-state index contributed by atoms with van der Waals surface area (Å²) in [4.78, 5) is 0. The lowest BCUT2D eigenvalue weighted by molar-refractivity contribution is 0.0917. The van der Waals surface area contributed by atoms with Crippen LogP contribution in [0.2, 0.25) is 0 Å². The molecule has 0 saturated heterocycles. The van der Waals surface area contributed by atoms with Crippen molar-refractivity contribution in [3.8, 4) is 12.3 Å². The van der Waals surface area contributed by atoms with Crippen molar-refractivity contribution in [2.75, 3.05) is 13.2 Å². The fraction of sp³-hybridized carbons (Fsp3) is 0.800. The lowest BCUT2D eigenvalue weighted by Gasteiger charge is -2.23. The van der Waals surface area contributed by atoms with E-state index < -0.39 is 6.17 Å². The Morgan fingerprint density at radius 3 is 2.58 bits per heavy atom. The van der Waals surface area contributed by atoms with Crippen LogP contribution in [0.4, 0.5) is 4.39 Å². The van der Waals surface area contributed by atoms with Gasteiger partial charge in [0.15, 0.2) is 0 Å². The van der Waals surface area contributed by atoms with Crippen molar-refractivity contribution in [1.82, 2.24) is 0 Å². The van der Waals surface area contributed by atoms with Crippen molar-refractivity contribution in [3.05, 3.63) is 0 Å². The minimum Gasteiger partial charge on any atom is -0.369 e. The van der Waals surface area contributed by atoms with Crippen molar-refractivity contribution in [2.24, 2.45) is 5.92 Å². The summed E-state index contributed by atoms with van der Waals surface area (Å²) in [6, 6.07) is 0. The molecule has 0 aromatic rings. The summed E-state index contributed by atoms with van der Waals surface area (Å²) in [7, 11) is 0. The molecule has 0 spiro atoms. The summed E-state index contributed by atoms with van der Waals surface area (Å²) in [6.07, 6.45) is 7.75. The van der Waals surface area contributed by atoms with E-state index in [0.29, 0.717) is 32.0 Å². The van der Waals surface area contributed by atoms with Crippen LogP contribution in [0.25, 0.3) is 0 Å². The first-order valence-corrected chi connectivity index (χ1v) is 4.48. The second kappa shape index (κ2) is 5.16. The van der Waals surface area contributed by atoms with E-state index in [9.17, 15) is 4.39 Å². The smallest absolute Gasteiger partial charge is 0.107 e. The van der Waals surface area contributed by atoms with Crippen molar-refractivity contribution >= 4 is 0 Å². The van der Waals surface area contributed by atoms with Gasteiger partial charge in [-0.2, -0.15) is 0 Å². The maximum absolute atomic E-state index is 12.7. The van der Waals surface area contributed by atoms with Crippen LogP contribution in [-0.4, -0.2) is 19.4 Å². The summed E-state index contributed by atoms with van der Waals surface area (Å²) in [6.45, 7) is 1.09. The lowest BCUT2D eigenvalue weighted by Crippen LogP contribution is -2.19. The van der Waals surface area contributed by atoms with Crippen LogP contribution < -0.4 is 0 Å². The second-order valence-corrected chi connectivity index (χ2v) is 3.34. The van der Waals surface area contributed by atoms with E-state index in [1.165, 1.54) is 0 Å². The number of halogens is 1. The van der Waals surface area contributed by atoms with Gasteiger partial charge in [0, 0.05) is 0 Å². The molecule has 1 aliphatic carbocycles. The normalized spacial score (nSPS) is 29.7. The summed E-state index contributed by atoms with van der Waals surface area (Å²) in [5.41, 5.74) is 0. The second-order valence-electron chi connectivity index (χ2n) is 3.34. The lowest BCUT2D eigenvalue weighted by atomic mass is 9.89. The van der Waals surface area contributed by atoms with Gasteiger partial charge in [0.05, 0.1) is 6.61 Å². The van der Waals surface area contributed by atoms with E-state index in [-0.39, 0.29) is 0 Å². The van der Waals surface area contributed by atoms with Crippen molar-refractivity contribution < 1.29 is 9.13 Å². The van der Waals surface area contributed by atoms with Crippen LogP contribution in [0.15, 0.2) is 0 Å². The molecule has 12 heavy (non-hydrogen) atoms. The van der Waals surface area contributed by atoms with Gasteiger partial charge in [-0.3, -0.25) is 0 Å². The number of hydrogen-bond donors (Lipinski definition) is 0. The topological polar surface area (TPSA) is 9.23 Å². The minimum atomic E-state index is -0.575. The Bertz CT molecular complexity index is 154. The zero-order chi connectivity index (χ0) is 8.81. The van der Waals surface area contributed by atoms with Gasteiger partial charge in [0.2, 0.25) is 0 Å². The molecule has 0 radical (unpaired) electrons. The zero-order valence-corrected chi connectivity index (χ0v) is 7.26. The van der Waals surface area contributed by atoms with Crippen molar-refractivity contribution in [2.45, 2.75) is 31.9 Å². The molecule has 0 unspecified atom stereocenters. The molecule has 1 rings (SSSR count). The highest BCUT2D eigenvalue weighted by molar-refractivity contribution is 4.83. The highest BCUT2D eigenvalue weighted by Gasteiger charge is 2.20. The Kier molecular flexibility index (Phi) is 4.10. The molecule has 0 aromatic carbocycles. The van der Waals surface area contributed by atoms with Crippen LogP contribution >= 0.6 is 0 Å². The standard InChI is InChI=1S/C10H15FO/c1-2-7-12-8-9-3-5-10(11)6-4-9/h1,9-10H,3-8H2. The minimum absolute atomic E-state index is 0.384. The largest absolute Gasteiger partial charge is 0.369 e. The van der Waals surface area contributed by atoms with Gasteiger partial charge in [-0.15, -0.1) is 6.42 Å². The molecule has 1 aliphatic rings. The van der Waals surface area contributed by atoms with Gasteiger partial charge in [-0.05, 0) is 31.6 Å². The third kappa shape index (κ3) is 3.23. The SMILES string of the molecule is C#CCOCC1CCC(F)CC1. The van der Waals surface area contributed by atoms with Gasteiger partial charge >= 0.3 is 0 Å². The molecule has 0 aliphatic heterocycles. The molecule has 2 heteroatoms. The van der Waals surface area contributed by atoms with E-state index >= 15 is 0 Å². The molecule has 1 fully saturated rings. The van der Waals surface area contributed by atoms with Crippen LogP contribution in [0.1, 0.15) is 25.7 Å². The molecule has 0 heterocycles. The van der Waals surface area contributed by atoms with Gasteiger partial charge in [0.1, 0.15) is 12.8 Å². The number of ether oxygens (including phenoxy) is 1. The van der Waals surface area contributed by atoms with E-state index in [2.05, 4.69) is 5.92 Å². The highest BCUT2D eigenvalue weighted by Crippen LogP contribution is 2.26. The number of hydrogen-bond acceptors (Lipinski definition) is 1. The monoisotopic (exact) mass is 170 g/mol. The van der Waals surface area contributed by atoms with Crippen LogP contribution in [0.3, 0.4) is 0 Å². The quantitative estimate of drug-likeness (QED) is 0.466. The van der Waals surface area contributed by atoms with Gasteiger partial charge in [-0.25, -0.2) is 4.39 Å². The average Bonchev–Trinajstić information content (AvgIpc) is 2.09. The first-order valence-electron chi connectivity index (χ1n) is 4.48. The summed E-state index contributed by atoms with van der Waals surface area (Å²) in [5, 5.41) is 0. The number of terminal acetylenes is 1. The fourth-order valence-electron chi connectivity index (χ4n) is 1.57. The Balaban J connectivity index is 2.06. The number of alkyl halides is 1. The van der Waals surface area contributed by atoms with Crippen molar-refractivity contribution in [3.63, 3.8) is 0 Å². The molecule has 0 amide bonds. The molecule has 68 valence electrons. The van der Waals surface area contributed by atoms with Gasteiger partial charge < -0.3 is 4.74 Å². The molecule has 0 N–H and O–H groups in total. The van der Waals surface area contributed by atoms with E-state index in [1.807, 2.05) is 0 Å². The molecular formula is C10H15FO. The van der Waals surface area contributed by atoms with Crippen LogP contribution in [0, 0.1) is 18.3 Å². The van der Waals surface area contributed by atoms with E-state index in [4.69, 9.17) is 11.2 Å². The van der Waals surface area contributed by atoms with Crippen LogP contribution in [-0.2, 0) is 4.74 Å². The third-order valence-electron chi connectivity index (χ3n) is 2.32. The highest BCUT2D eigenvalue weighted by atomic mass is 19.1. The van der Waals surface area contributed by atoms with Gasteiger partial charge in [0.25, 0.3) is 0 Å². The summed E-state index contributed by atoms with van der Waals surface area (Å²) in [5.74, 6) is 2.95. The Morgan fingerprint density at radius 1 is 1.33 bits per heavy atom. The van der Waals surface area contributed by atoms with E-state index in [1.54, 1.807) is 0 Å². The summed E-state index contributed by atoms with van der Waals surface area (Å²) < 4.78 is 17.9. The number of rotatable bonds is 3. The molecular weight excluding hydrogens is 155 g/mol. The maximum atomic E-state index is 12.7. The summed E-state index contributed by atoms with van der Waals surface area (Å²) >= 11 is 0. The Labute approximate surface area is 73.3 Å². The predicted octanol–water partition coefficient (Wildman–Crippen LogP) is 2.16. The molecule has 0 bridgehead atoms. The van der Waals surface area contributed by atoms with E-state index in [0.717, 1.165) is 12.8 Å². The van der Waals surface area contributed by atoms with Crippen LogP contribution in [0.5, 0.6) is 0 Å².